The summed E-state index contributed by atoms with van der Waals surface area (Å²) in [5.74, 6) is 0.745. The van der Waals surface area contributed by atoms with Crippen molar-refractivity contribution in [3.05, 3.63) is 0 Å². The summed E-state index contributed by atoms with van der Waals surface area (Å²) in [6.07, 6.45) is 2.56. The van der Waals surface area contributed by atoms with Gasteiger partial charge in [0.15, 0.2) is 0 Å². The molecule has 1 nitrogen and oxygen atoms in total. The summed E-state index contributed by atoms with van der Waals surface area (Å²) in [7, 11) is 4.50. The van der Waals surface area contributed by atoms with Crippen LogP contribution in [0.5, 0.6) is 0 Å². The summed E-state index contributed by atoms with van der Waals surface area (Å²) in [5, 5.41) is 0. The van der Waals surface area contributed by atoms with Crippen LogP contribution in [0.4, 0.5) is 0 Å². The minimum atomic E-state index is 0.745. The highest BCUT2D eigenvalue weighted by Crippen LogP contribution is 2.04. The molecule has 0 amide bonds. The van der Waals surface area contributed by atoms with Crippen LogP contribution >= 0.6 is 0 Å². The zero-order chi connectivity index (χ0) is 9.11. The van der Waals surface area contributed by atoms with Gasteiger partial charge < -0.3 is 4.74 Å². The molecule has 0 saturated heterocycles. The van der Waals surface area contributed by atoms with Crippen LogP contribution in [0.1, 0.15) is 33.6 Å². The molecule has 0 aliphatic rings. The van der Waals surface area contributed by atoms with Gasteiger partial charge in [0.05, 0.1) is 7.85 Å². The van der Waals surface area contributed by atoms with Crippen LogP contribution in [-0.4, -0.2) is 21.1 Å². The Bertz CT molecular complexity index is 57.5. The van der Waals surface area contributed by atoms with Gasteiger partial charge in [-0.15, -0.1) is 0 Å². The molecule has 0 bridgehead atoms. The van der Waals surface area contributed by atoms with Gasteiger partial charge in [0.1, 0.15) is 0 Å². The number of rotatable bonds is 5. The van der Waals surface area contributed by atoms with Gasteiger partial charge in [-0.3, -0.25) is 0 Å². The Morgan fingerprint density at radius 2 is 1.82 bits per heavy atom. The van der Waals surface area contributed by atoms with Crippen LogP contribution < -0.4 is 0 Å². The molecule has 0 aliphatic carbocycles. The van der Waals surface area contributed by atoms with E-state index in [1.807, 2.05) is 6.92 Å². The molecular weight excluding hydrogens is 135 g/mol. The lowest BCUT2D eigenvalue weighted by Gasteiger charge is -2.08. The van der Waals surface area contributed by atoms with Gasteiger partial charge in [-0.2, -0.15) is 0 Å². The normalized spacial score (nSPS) is 11.6. The van der Waals surface area contributed by atoms with E-state index in [-0.39, 0.29) is 0 Å². The molecule has 1 unspecified atom stereocenters. The maximum absolute atomic E-state index is 5.25. The highest BCUT2D eigenvalue weighted by atomic mass is 16.5. The van der Waals surface area contributed by atoms with E-state index in [0.717, 1.165) is 19.1 Å². The van der Waals surface area contributed by atoms with E-state index in [2.05, 4.69) is 21.7 Å². The molecule has 1 atom stereocenters. The standard InChI is InChI=1S/C8H18O.CH3B/c1-4-6-8(3)7-9-5-2;1-2/h8H,4-7H2,1-3H3;1H3. The predicted molar refractivity (Wildman–Crippen MR) is 52.2 cm³/mol. The molecule has 0 spiro atoms. The van der Waals surface area contributed by atoms with Crippen molar-refractivity contribution >= 4 is 7.85 Å². The summed E-state index contributed by atoms with van der Waals surface area (Å²) in [6, 6.07) is 0. The Morgan fingerprint density at radius 3 is 2.18 bits per heavy atom. The van der Waals surface area contributed by atoms with Gasteiger partial charge in [-0.05, 0) is 19.3 Å². The highest BCUT2D eigenvalue weighted by molar-refractivity contribution is 6.05. The van der Waals surface area contributed by atoms with Crippen molar-refractivity contribution in [3.8, 4) is 0 Å². The van der Waals surface area contributed by atoms with Crippen LogP contribution in [0.15, 0.2) is 0 Å². The zero-order valence-electron chi connectivity index (χ0n) is 8.39. The third kappa shape index (κ3) is 13.1. The molecule has 0 rings (SSSR count). The number of hydrogen-bond acceptors (Lipinski definition) is 1. The van der Waals surface area contributed by atoms with Gasteiger partial charge in [-0.25, -0.2) is 0 Å². The molecule has 0 aromatic carbocycles. The highest BCUT2D eigenvalue weighted by Gasteiger charge is 1.97. The first-order valence-corrected chi connectivity index (χ1v) is 4.46. The van der Waals surface area contributed by atoms with Crippen molar-refractivity contribution in [2.24, 2.45) is 5.92 Å². The molecule has 66 valence electrons. The van der Waals surface area contributed by atoms with Crippen LogP contribution in [0, 0.1) is 5.92 Å². The summed E-state index contributed by atoms with van der Waals surface area (Å²) >= 11 is 0. The van der Waals surface area contributed by atoms with E-state index in [9.17, 15) is 0 Å². The molecule has 0 fully saturated rings. The second-order valence-corrected chi connectivity index (χ2v) is 2.55. The van der Waals surface area contributed by atoms with E-state index in [1.165, 1.54) is 19.7 Å². The van der Waals surface area contributed by atoms with E-state index in [1.54, 1.807) is 0 Å². The maximum Gasteiger partial charge on any atom is 0.0606 e. The van der Waals surface area contributed by atoms with Crippen molar-refractivity contribution in [2.75, 3.05) is 13.2 Å². The van der Waals surface area contributed by atoms with Gasteiger partial charge in [-0.1, -0.05) is 27.1 Å². The molecule has 0 aromatic heterocycles. The number of ether oxygens (including phenoxy) is 1. The lowest BCUT2D eigenvalue weighted by molar-refractivity contribution is 0.113. The average molecular weight is 156 g/mol. The molecule has 2 heteroatoms. The Labute approximate surface area is 72.9 Å². The van der Waals surface area contributed by atoms with Crippen LogP contribution in [-0.2, 0) is 4.74 Å². The van der Waals surface area contributed by atoms with Crippen molar-refractivity contribution < 1.29 is 4.74 Å². The molecule has 0 saturated carbocycles. The topological polar surface area (TPSA) is 9.23 Å². The SMILES string of the molecule is CCCC(C)COCC.[B]C. The van der Waals surface area contributed by atoms with E-state index >= 15 is 0 Å². The largest absolute Gasteiger partial charge is 0.381 e. The molecule has 11 heavy (non-hydrogen) atoms. The zero-order valence-corrected chi connectivity index (χ0v) is 8.39. The van der Waals surface area contributed by atoms with E-state index in [0.29, 0.717) is 0 Å². The Hall–Kier alpha value is 0.0249. The summed E-state index contributed by atoms with van der Waals surface area (Å²) in [5.41, 5.74) is 0. The van der Waals surface area contributed by atoms with Crippen LogP contribution in [0.3, 0.4) is 0 Å². The molecule has 0 N–H and O–H groups in total. The minimum Gasteiger partial charge on any atom is -0.381 e. The smallest absolute Gasteiger partial charge is 0.0606 e. The van der Waals surface area contributed by atoms with Crippen molar-refractivity contribution in [2.45, 2.75) is 40.4 Å². The Balaban J connectivity index is 0. The summed E-state index contributed by atoms with van der Waals surface area (Å²) in [4.78, 5) is 0. The lowest BCUT2D eigenvalue weighted by atomic mass is 10.1. The first-order chi connectivity index (χ1) is 5.31. The van der Waals surface area contributed by atoms with E-state index < -0.39 is 0 Å². The lowest BCUT2D eigenvalue weighted by Crippen LogP contribution is -2.04. The molecule has 2 radical (unpaired) electrons. The van der Waals surface area contributed by atoms with Gasteiger partial charge >= 0.3 is 0 Å². The summed E-state index contributed by atoms with van der Waals surface area (Å²) in [6.45, 7) is 9.78. The second-order valence-electron chi connectivity index (χ2n) is 2.55. The van der Waals surface area contributed by atoms with Crippen molar-refractivity contribution in [1.29, 1.82) is 0 Å². The number of hydrogen-bond donors (Lipinski definition) is 0. The van der Waals surface area contributed by atoms with Gasteiger partial charge in [0.25, 0.3) is 0 Å². The Morgan fingerprint density at radius 1 is 1.27 bits per heavy atom. The van der Waals surface area contributed by atoms with Gasteiger partial charge in [0.2, 0.25) is 0 Å². The molecule has 0 aromatic rings. The second kappa shape index (κ2) is 12.7. The predicted octanol–water partition coefficient (Wildman–Crippen LogP) is 2.66. The van der Waals surface area contributed by atoms with Crippen LogP contribution in [0.25, 0.3) is 0 Å². The van der Waals surface area contributed by atoms with Crippen molar-refractivity contribution in [1.82, 2.24) is 0 Å². The fraction of sp³-hybridized carbons (Fsp3) is 1.00. The van der Waals surface area contributed by atoms with Crippen LogP contribution in [0.2, 0.25) is 6.82 Å². The fourth-order valence-electron chi connectivity index (χ4n) is 0.895. The summed E-state index contributed by atoms with van der Waals surface area (Å²) < 4.78 is 5.25. The quantitative estimate of drug-likeness (QED) is 0.556. The first-order valence-electron chi connectivity index (χ1n) is 4.46. The fourth-order valence-corrected chi connectivity index (χ4v) is 0.895. The average Bonchev–Trinajstić information content (AvgIpc) is 2.05. The Kier molecular flexibility index (Phi) is 15.7. The maximum atomic E-state index is 5.25. The third-order valence-corrected chi connectivity index (χ3v) is 1.39. The molecular formula is C9H21BO. The third-order valence-electron chi connectivity index (χ3n) is 1.39. The monoisotopic (exact) mass is 156 g/mol. The minimum absolute atomic E-state index is 0.745. The molecule has 0 heterocycles. The first kappa shape index (κ1) is 13.6. The van der Waals surface area contributed by atoms with Crippen molar-refractivity contribution in [3.63, 3.8) is 0 Å². The molecule has 0 aliphatic heterocycles. The van der Waals surface area contributed by atoms with Gasteiger partial charge in [0, 0.05) is 13.2 Å². The van der Waals surface area contributed by atoms with E-state index in [4.69, 9.17) is 4.74 Å².